The number of amides is 2. The van der Waals surface area contributed by atoms with Gasteiger partial charge in [0.15, 0.2) is 0 Å². The normalized spacial score (nSPS) is 17.8. The van der Waals surface area contributed by atoms with Crippen LogP contribution in [0.25, 0.3) is 0 Å². The number of carbonyl (C=O) groups excluding carboxylic acids is 3. The number of dihydropyridines is 1. The fourth-order valence-electron chi connectivity index (χ4n) is 2.68. The van der Waals surface area contributed by atoms with Crippen LogP contribution < -0.4 is 10.8 Å². The number of nitrogens with one attached hydrogen (secondary N) is 2. The molecular weight excluding hydrogens is 358 g/mol. The molecule has 0 saturated carbocycles. The van der Waals surface area contributed by atoms with Crippen LogP contribution in [0.2, 0.25) is 0 Å². The van der Waals surface area contributed by atoms with Gasteiger partial charge >= 0.3 is 5.97 Å². The van der Waals surface area contributed by atoms with Crippen LogP contribution in [0.1, 0.15) is 45.4 Å². The highest BCUT2D eigenvalue weighted by Crippen LogP contribution is 2.22. The van der Waals surface area contributed by atoms with E-state index in [0.29, 0.717) is 19.4 Å². The van der Waals surface area contributed by atoms with E-state index in [1.807, 2.05) is 30.3 Å². The van der Waals surface area contributed by atoms with Gasteiger partial charge in [-0.2, -0.15) is 5.48 Å². The Balaban J connectivity index is 1.50. The molecule has 1 aliphatic heterocycles. The van der Waals surface area contributed by atoms with Gasteiger partial charge in [0.25, 0.3) is 5.91 Å². The molecule has 1 heterocycles. The zero-order valence-corrected chi connectivity index (χ0v) is 16.1. The molecule has 7 heteroatoms. The first-order valence-corrected chi connectivity index (χ1v) is 9.52. The lowest BCUT2D eigenvalue weighted by Gasteiger charge is -2.22. The molecule has 150 valence electrons. The summed E-state index contributed by atoms with van der Waals surface area (Å²) in [6, 6.07) is 9.34. The lowest BCUT2D eigenvalue weighted by molar-refractivity contribution is -0.165. The molecule has 2 amide bonds. The van der Waals surface area contributed by atoms with E-state index in [9.17, 15) is 14.4 Å². The fourth-order valence-corrected chi connectivity index (χ4v) is 2.68. The maximum absolute atomic E-state index is 12.0. The third-order valence-corrected chi connectivity index (χ3v) is 4.41. The highest BCUT2D eigenvalue weighted by Gasteiger charge is 2.33. The number of hydroxylamine groups is 1. The summed E-state index contributed by atoms with van der Waals surface area (Å²) in [7, 11) is 0. The zero-order valence-electron chi connectivity index (χ0n) is 16.1. The van der Waals surface area contributed by atoms with Gasteiger partial charge in [0, 0.05) is 24.7 Å². The van der Waals surface area contributed by atoms with E-state index in [4.69, 9.17) is 4.84 Å². The Morgan fingerprint density at radius 3 is 2.36 bits per heavy atom. The van der Waals surface area contributed by atoms with Gasteiger partial charge in [0.1, 0.15) is 5.41 Å². The molecular formula is C21H27N3O4. The van der Waals surface area contributed by atoms with Crippen LogP contribution in [0.5, 0.6) is 0 Å². The van der Waals surface area contributed by atoms with Crippen molar-refractivity contribution in [3.05, 3.63) is 42.5 Å². The first-order valence-electron chi connectivity index (χ1n) is 9.52. The molecule has 0 aliphatic carbocycles. The van der Waals surface area contributed by atoms with Crippen molar-refractivity contribution < 1.29 is 19.2 Å². The number of unbranched alkanes of at least 4 members (excludes halogenated alkanes) is 3. The largest absolute Gasteiger partial charge is 0.343 e. The minimum Gasteiger partial charge on any atom is -0.340 e. The van der Waals surface area contributed by atoms with E-state index in [1.54, 1.807) is 25.3 Å². The number of hydrogen-bond donors (Lipinski definition) is 2. The zero-order chi connectivity index (χ0) is 20.2. The van der Waals surface area contributed by atoms with Gasteiger partial charge < -0.3 is 10.2 Å². The van der Waals surface area contributed by atoms with Crippen molar-refractivity contribution in [3.8, 4) is 0 Å². The van der Waals surface area contributed by atoms with Gasteiger partial charge in [-0.05, 0) is 38.0 Å². The number of aliphatic imine (C=N–C) groups is 1. The van der Waals surface area contributed by atoms with Gasteiger partial charge in [-0.25, -0.2) is 4.79 Å². The number of benzene rings is 1. The molecule has 1 aliphatic rings. The molecule has 0 spiro atoms. The molecule has 2 N–H and O–H groups in total. The number of carbonyl (C=O) groups is 3. The summed E-state index contributed by atoms with van der Waals surface area (Å²) in [5, 5.41) is 2.84. The summed E-state index contributed by atoms with van der Waals surface area (Å²) in [5.41, 5.74) is 2.15. The Hall–Kier alpha value is -2.96. The molecule has 0 fully saturated rings. The first kappa shape index (κ1) is 21.3. The highest BCUT2D eigenvalue weighted by molar-refractivity contribution is 5.90. The Labute approximate surface area is 165 Å². The second-order valence-corrected chi connectivity index (χ2v) is 7.01. The topological polar surface area (TPSA) is 96.9 Å². The van der Waals surface area contributed by atoms with E-state index < -0.39 is 11.4 Å². The van der Waals surface area contributed by atoms with Crippen LogP contribution in [0.4, 0.5) is 5.69 Å². The standard InChI is InChI=1S/C21H27N3O4/c1-21(14-9-15-22-16-21)20(27)28-24-19(26)13-8-3-2-7-12-18(25)23-17-10-5-4-6-11-17/h4-6,9-11,14-15H,2-3,7-8,12-13,16H2,1H3,(H,23,25)(H,24,26). The number of nitrogens with zero attached hydrogens (tertiary/aromatic N) is 1. The first-order chi connectivity index (χ1) is 13.5. The predicted molar refractivity (Wildman–Crippen MR) is 108 cm³/mol. The third kappa shape index (κ3) is 7.34. The van der Waals surface area contributed by atoms with Crippen molar-refractivity contribution in [3.63, 3.8) is 0 Å². The van der Waals surface area contributed by atoms with Crippen molar-refractivity contribution in [1.29, 1.82) is 0 Å². The number of para-hydroxylation sites is 1. The number of rotatable bonds is 9. The summed E-state index contributed by atoms with van der Waals surface area (Å²) in [6.45, 7) is 2.01. The van der Waals surface area contributed by atoms with E-state index >= 15 is 0 Å². The molecule has 0 saturated heterocycles. The lowest BCUT2D eigenvalue weighted by atomic mass is 9.89. The smallest absolute Gasteiger partial charge is 0.340 e. The average Bonchev–Trinajstić information content (AvgIpc) is 2.70. The molecule has 1 atom stereocenters. The molecule has 1 aromatic rings. The molecule has 0 radical (unpaired) electrons. The molecule has 0 bridgehead atoms. The Bertz CT molecular complexity index is 730. The minimum absolute atomic E-state index is 0.00885. The summed E-state index contributed by atoms with van der Waals surface area (Å²) >= 11 is 0. The highest BCUT2D eigenvalue weighted by atomic mass is 16.7. The average molecular weight is 385 g/mol. The third-order valence-electron chi connectivity index (χ3n) is 4.41. The Morgan fingerprint density at radius 2 is 1.71 bits per heavy atom. The second-order valence-electron chi connectivity index (χ2n) is 7.01. The van der Waals surface area contributed by atoms with Crippen LogP contribution in [-0.2, 0) is 19.2 Å². The molecule has 28 heavy (non-hydrogen) atoms. The molecule has 1 aromatic carbocycles. The SMILES string of the molecule is CC1(C(=O)ONC(=O)CCCCCCC(=O)Nc2ccccc2)C=CC=NC1. The quantitative estimate of drug-likeness (QED) is 0.504. The fraction of sp³-hybridized carbons (Fsp3) is 0.429. The van der Waals surface area contributed by atoms with E-state index in [1.165, 1.54) is 0 Å². The van der Waals surface area contributed by atoms with Crippen molar-refractivity contribution >= 4 is 29.7 Å². The Kier molecular flexibility index (Phi) is 8.39. The molecule has 2 rings (SSSR count). The summed E-state index contributed by atoms with van der Waals surface area (Å²) in [4.78, 5) is 44.6. The molecule has 7 nitrogen and oxygen atoms in total. The monoisotopic (exact) mass is 385 g/mol. The number of anilines is 1. The van der Waals surface area contributed by atoms with Crippen LogP contribution in [0.15, 0.2) is 47.5 Å². The minimum atomic E-state index is -0.845. The van der Waals surface area contributed by atoms with Crippen molar-refractivity contribution in [2.45, 2.75) is 45.4 Å². The number of hydrogen-bond acceptors (Lipinski definition) is 5. The van der Waals surface area contributed by atoms with Crippen LogP contribution in [0, 0.1) is 5.41 Å². The summed E-state index contributed by atoms with van der Waals surface area (Å²) < 4.78 is 0. The van der Waals surface area contributed by atoms with Gasteiger partial charge in [-0.15, -0.1) is 0 Å². The van der Waals surface area contributed by atoms with Crippen LogP contribution >= 0.6 is 0 Å². The molecule has 0 aromatic heterocycles. The van der Waals surface area contributed by atoms with Gasteiger partial charge in [-0.1, -0.05) is 37.1 Å². The van der Waals surface area contributed by atoms with Gasteiger partial charge in [0.05, 0.1) is 6.54 Å². The van der Waals surface area contributed by atoms with Crippen molar-refractivity contribution in [2.75, 3.05) is 11.9 Å². The summed E-state index contributed by atoms with van der Waals surface area (Å²) in [5.74, 6) is -0.870. The van der Waals surface area contributed by atoms with Crippen molar-refractivity contribution in [1.82, 2.24) is 5.48 Å². The number of allylic oxidation sites excluding steroid dienone is 1. The molecule has 1 unspecified atom stereocenters. The van der Waals surface area contributed by atoms with Crippen LogP contribution in [0.3, 0.4) is 0 Å². The van der Waals surface area contributed by atoms with Gasteiger partial charge in [0.2, 0.25) is 5.91 Å². The maximum Gasteiger partial charge on any atom is 0.343 e. The second kappa shape index (κ2) is 11.0. The summed E-state index contributed by atoms with van der Waals surface area (Å²) in [6.07, 6.45) is 8.87. The maximum atomic E-state index is 12.0. The van der Waals surface area contributed by atoms with Gasteiger partial charge in [-0.3, -0.25) is 14.6 Å². The van der Waals surface area contributed by atoms with Crippen LogP contribution in [-0.4, -0.2) is 30.5 Å². The Morgan fingerprint density at radius 1 is 1.04 bits per heavy atom. The van der Waals surface area contributed by atoms with E-state index in [0.717, 1.165) is 24.9 Å². The predicted octanol–water partition coefficient (Wildman–Crippen LogP) is 3.19. The van der Waals surface area contributed by atoms with E-state index in [2.05, 4.69) is 15.8 Å². The van der Waals surface area contributed by atoms with E-state index in [-0.39, 0.29) is 18.2 Å². The van der Waals surface area contributed by atoms with Crippen molar-refractivity contribution in [2.24, 2.45) is 10.4 Å². The lowest BCUT2D eigenvalue weighted by Crippen LogP contribution is -2.37.